The van der Waals surface area contributed by atoms with Gasteiger partial charge in [0, 0.05) is 13.1 Å². The van der Waals surface area contributed by atoms with Gasteiger partial charge in [0.15, 0.2) is 0 Å². The van der Waals surface area contributed by atoms with Crippen LogP contribution in [0.3, 0.4) is 0 Å². The number of aliphatic hydroxyl groups excluding tert-OH is 1. The molecule has 3 nitrogen and oxygen atoms in total. The number of hydrogen-bond acceptors (Lipinski definition) is 3. The fraction of sp³-hybridized carbons (Fsp3) is 1.00. The summed E-state index contributed by atoms with van der Waals surface area (Å²) in [5.74, 6) is 0.724. The van der Waals surface area contributed by atoms with Gasteiger partial charge in [0.25, 0.3) is 0 Å². The zero-order valence-corrected chi connectivity index (χ0v) is 10.1. The highest BCUT2D eigenvalue weighted by Gasteiger charge is 2.21. The Bertz CT molecular complexity index is 164. The standard InChI is InChI=1S/C12H25NO2/c1-11-5-3-4-6-12(11)15-10-8-13(2)7-9-14/h11-12,14H,3-10H2,1-2H3. The summed E-state index contributed by atoms with van der Waals surface area (Å²) in [7, 11) is 2.02. The predicted octanol–water partition coefficient (Wildman–Crippen LogP) is 1.51. The van der Waals surface area contributed by atoms with Crippen LogP contribution in [0, 0.1) is 5.92 Å². The maximum absolute atomic E-state index is 8.74. The van der Waals surface area contributed by atoms with E-state index in [0.29, 0.717) is 6.10 Å². The number of nitrogens with zero attached hydrogens (tertiary/aromatic N) is 1. The lowest BCUT2D eigenvalue weighted by molar-refractivity contribution is -0.0125. The third-order valence-electron chi connectivity index (χ3n) is 3.32. The van der Waals surface area contributed by atoms with Gasteiger partial charge in [0.1, 0.15) is 0 Å². The Hall–Kier alpha value is -0.120. The van der Waals surface area contributed by atoms with Gasteiger partial charge < -0.3 is 14.7 Å². The first-order valence-corrected chi connectivity index (χ1v) is 6.15. The maximum Gasteiger partial charge on any atom is 0.0601 e. The Labute approximate surface area is 93.4 Å². The van der Waals surface area contributed by atoms with Crippen molar-refractivity contribution in [3.05, 3.63) is 0 Å². The molecule has 1 aliphatic carbocycles. The summed E-state index contributed by atoms with van der Waals surface area (Å²) < 4.78 is 5.89. The molecule has 0 saturated heterocycles. The Kier molecular flexibility index (Phi) is 6.22. The largest absolute Gasteiger partial charge is 0.395 e. The molecule has 0 amide bonds. The van der Waals surface area contributed by atoms with Crippen LogP contribution >= 0.6 is 0 Å². The minimum absolute atomic E-state index is 0.232. The van der Waals surface area contributed by atoms with Crippen molar-refractivity contribution in [2.24, 2.45) is 5.92 Å². The van der Waals surface area contributed by atoms with Crippen LogP contribution < -0.4 is 0 Å². The van der Waals surface area contributed by atoms with Crippen molar-refractivity contribution in [1.29, 1.82) is 0 Å². The second-order valence-corrected chi connectivity index (χ2v) is 4.70. The lowest BCUT2D eigenvalue weighted by Crippen LogP contribution is -2.31. The van der Waals surface area contributed by atoms with E-state index in [9.17, 15) is 0 Å². The molecule has 1 saturated carbocycles. The van der Waals surface area contributed by atoms with Crippen LogP contribution in [0.15, 0.2) is 0 Å². The molecule has 0 bridgehead atoms. The van der Waals surface area contributed by atoms with E-state index in [0.717, 1.165) is 25.6 Å². The molecular weight excluding hydrogens is 190 g/mol. The quantitative estimate of drug-likeness (QED) is 0.729. The second kappa shape index (κ2) is 7.20. The summed E-state index contributed by atoms with van der Waals surface area (Å²) in [6.07, 6.45) is 5.70. The summed E-state index contributed by atoms with van der Waals surface area (Å²) in [5, 5.41) is 8.74. The van der Waals surface area contributed by atoms with Crippen molar-refractivity contribution in [3.8, 4) is 0 Å². The van der Waals surface area contributed by atoms with Gasteiger partial charge in [0.05, 0.1) is 19.3 Å². The second-order valence-electron chi connectivity index (χ2n) is 4.70. The van der Waals surface area contributed by atoms with E-state index < -0.39 is 0 Å². The molecule has 1 rings (SSSR count). The van der Waals surface area contributed by atoms with Crippen LogP contribution in [0.25, 0.3) is 0 Å². The molecule has 90 valence electrons. The van der Waals surface area contributed by atoms with Gasteiger partial charge in [-0.25, -0.2) is 0 Å². The average Bonchev–Trinajstić information content (AvgIpc) is 2.21. The van der Waals surface area contributed by atoms with Crippen LogP contribution in [-0.2, 0) is 4.74 Å². The first kappa shape index (κ1) is 12.9. The van der Waals surface area contributed by atoms with Crippen molar-refractivity contribution >= 4 is 0 Å². The van der Waals surface area contributed by atoms with E-state index in [1.54, 1.807) is 0 Å². The molecule has 3 heteroatoms. The SMILES string of the molecule is CC1CCCCC1OCCN(C)CCO. The lowest BCUT2D eigenvalue weighted by Gasteiger charge is -2.29. The Morgan fingerprint density at radius 2 is 2.00 bits per heavy atom. The number of hydrogen-bond donors (Lipinski definition) is 1. The molecule has 0 spiro atoms. The normalized spacial score (nSPS) is 27.2. The summed E-state index contributed by atoms with van der Waals surface area (Å²) in [5.41, 5.74) is 0. The van der Waals surface area contributed by atoms with Gasteiger partial charge in [-0.15, -0.1) is 0 Å². The van der Waals surface area contributed by atoms with Crippen molar-refractivity contribution < 1.29 is 9.84 Å². The number of ether oxygens (including phenoxy) is 1. The number of aliphatic hydroxyl groups is 1. The third-order valence-corrected chi connectivity index (χ3v) is 3.32. The van der Waals surface area contributed by atoms with E-state index >= 15 is 0 Å². The lowest BCUT2D eigenvalue weighted by atomic mass is 9.88. The zero-order chi connectivity index (χ0) is 11.1. The highest BCUT2D eigenvalue weighted by atomic mass is 16.5. The Balaban J connectivity index is 2.08. The molecule has 1 fully saturated rings. The van der Waals surface area contributed by atoms with Gasteiger partial charge in [-0.3, -0.25) is 0 Å². The molecule has 1 aliphatic rings. The number of rotatable bonds is 6. The topological polar surface area (TPSA) is 32.7 Å². The molecular formula is C12H25NO2. The van der Waals surface area contributed by atoms with Crippen molar-refractivity contribution in [3.63, 3.8) is 0 Å². The van der Waals surface area contributed by atoms with Crippen molar-refractivity contribution in [1.82, 2.24) is 4.90 Å². The van der Waals surface area contributed by atoms with E-state index in [4.69, 9.17) is 9.84 Å². The van der Waals surface area contributed by atoms with Crippen molar-refractivity contribution in [2.45, 2.75) is 38.7 Å². The highest BCUT2D eigenvalue weighted by molar-refractivity contribution is 4.72. The molecule has 0 aromatic rings. The van der Waals surface area contributed by atoms with Gasteiger partial charge in [-0.05, 0) is 25.8 Å². The van der Waals surface area contributed by atoms with Crippen LogP contribution in [0.1, 0.15) is 32.6 Å². The molecule has 0 aromatic heterocycles. The van der Waals surface area contributed by atoms with E-state index in [1.165, 1.54) is 25.7 Å². The first-order chi connectivity index (χ1) is 7.24. The highest BCUT2D eigenvalue weighted by Crippen LogP contribution is 2.25. The Morgan fingerprint density at radius 3 is 2.67 bits per heavy atom. The minimum atomic E-state index is 0.232. The van der Waals surface area contributed by atoms with Crippen LogP contribution in [0.4, 0.5) is 0 Å². The molecule has 0 aromatic carbocycles. The van der Waals surface area contributed by atoms with Gasteiger partial charge in [-0.2, -0.15) is 0 Å². The molecule has 0 aliphatic heterocycles. The predicted molar refractivity (Wildman–Crippen MR) is 62.0 cm³/mol. The van der Waals surface area contributed by atoms with Gasteiger partial charge >= 0.3 is 0 Å². The smallest absolute Gasteiger partial charge is 0.0601 e. The van der Waals surface area contributed by atoms with E-state index in [-0.39, 0.29) is 6.61 Å². The third kappa shape index (κ3) is 4.96. The fourth-order valence-electron chi connectivity index (χ4n) is 2.17. The summed E-state index contributed by atoms with van der Waals surface area (Å²) in [6.45, 7) is 4.98. The first-order valence-electron chi connectivity index (χ1n) is 6.15. The van der Waals surface area contributed by atoms with E-state index in [2.05, 4.69) is 11.8 Å². The zero-order valence-electron chi connectivity index (χ0n) is 10.1. The Morgan fingerprint density at radius 1 is 1.27 bits per heavy atom. The van der Waals surface area contributed by atoms with E-state index in [1.807, 2.05) is 7.05 Å². The van der Waals surface area contributed by atoms with Gasteiger partial charge in [-0.1, -0.05) is 19.8 Å². The molecule has 0 radical (unpaired) electrons. The van der Waals surface area contributed by atoms with Crippen LogP contribution in [0.2, 0.25) is 0 Å². The number of likely N-dealkylation sites (N-methyl/N-ethyl adjacent to an activating group) is 1. The molecule has 2 atom stereocenters. The fourth-order valence-corrected chi connectivity index (χ4v) is 2.17. The van der Waals surface area contributed by atoms with Crippen LogP contribution in [-0.4, -0.2) is 49.5 Å². The molecule has 2 unspecified atom stereocenters. The van der Waals surface area contributed by atoms with Crippen molar-refractivity contribution in [2.75, 3.05) is 33.4 Å². The molecule has 0 heterocycles. The molecule has 15 heavy (non-hydrogen) atoms. The summed E-state index contributed by atoms with van der Waals surface area (Å²) in [6, 6.07) is 0. The van der Waals surface area contributed by atoms with Gasteiger partial charge in [0.2, 0.25) is 0 Å². The maximum atomic E-state index is 8.74. The summed E-state index contributed by atoms with van der Waals surface area (Å²) in [4.78, 5) is 2.10. The van der Waals surface area contributed by atoms with Crippen LogP contribution in [0.5, 0.6) is 0 Å². The average molecular weight is 215 g/mol. The summed E-state index contributed by atoms with van der Waals surface area (Å²) >= 11 is 0. The molecule has 1 N–H and O–H groups in total. The minimum Gasteiger partial charge on any atom is -0.395 e. The monoisotopic (exact) mass is 215 g/mol.